The number of amides is 2. The van der Waals surface area contributed by atoms with Crippen LogP contribution in [0.1, 0.15) is 17.8 Å². The number of nitrogens with one attached hydrogen (secondary N) is 2. The molecule has 3 heterocycles. The van der Waals surface area contributed by atoms with Gasteiger partial charge in [0.15, 0.2) is 0 Å². The highest BCUT2D eigenvalue weighted by Gasteiger charge is 2.30. The molecule has 4 rings (SSSR count). The van der Waals surface area contributed by atoms with Crippen molar-refractivity contribution in [1.82, 2.24) is 14.9 Å². The van der Waals surface area contributed by atoms with Gasteiger partial charge in [-0.15, -0.1) is 0 Å². The molecule has 0 atom stereocenters. The molecule has 7 nitrogen and oxygen atoms in total. The monoisotopic (exact) mass is 442 g/mol. The first kappa shape index (κ1) is 21.5. The molecular weight excluding hydrogens is 414 g/mol. The van der Waals surface area contributed by atoms with Crippen molar-refractivity contribution in [3.8, 4) is 0 Å². The minimum Gasteiger partial charge on any atom is -0.344 e. The van der Waals surface area contributed by atoms with Crippen molar-refractivity contribution in [1.29, 1.82) is 0 Å². The Balaban J connectivity index is 1.32. The van der Waals surface area contributed by atoms with Crippen LogP contribution in [-0.4, -0.2) is 54.0 Å². The maximum atomic E-state index is 13.1. The zero-order chi connectivity index (χ0) is 22.0. The maximum Gasteiger partial charge on any atom is 0.271 e. The molecule has 0 saturated carbocycles. The third kappa shape index (κ3) is 4.78. The van der Waals surface area contributed by atoms with E-state index in [1.165, 1.54) is 21.3 Å². The lowest BCUT2D eigenvalue weighted by Crippen LogP contribution is -3.15. The van der Waals surface area contributed by atoms with E-state index < -0.39 is 0 Å². The molecule has 2 aliphatic rings. The van der Waals surface area contributed by atoms with Crippen LogP contribution < -0.4 is 15.3 Å². The quantitative estimate of drug-likeness (QED) is 0.734. The van der Waals surface area contributed by atoms with Crippen molar-refractivity contribution >= 4 is 29.1 Å². The number of halogens is 1. The second-order valence-electron chi connectivity index (χ2n) is 8.20. The molecule has 31 heavy (non-hydrogen) atoms. The summed E-state index contributed by atoms with van der Waals surface area (Å²) in [6, 6.07) is 11.3. The van der Waals surface area contributed by atoms with E-state index in [-0.39, 0.29) is 18.2 Å². The van der Waals surface area contributed by atoms with Gasteiger partial charge in [-0.1, -0.05) is 11.6 Å². The van der Waals surface area contributed by atoms with Crippen molar-refractivity contribution in [3.05, 3.63) is 64.6 Å². The summed E-state index contributed by atoms with van der Waals surface area (Å²) >= 11 is 5.95. The van der Waals surface area contributed by atoms with Crippen LogP contribution in [0.15, 0.2) is 48.2 Å². The molecule has 2 amide bonds. The van der Waals surface area contributed by atoms with E-state index >= 15 is 0 Å². The zero-order valence-electron chi connectivity index (χ0n) is 18.0. The first-order chi connectivity index (χ1) is 14.9. The Morgan fingerprint density at radius 3 is 2.35 bits per heavy atom. The summed E-state index contributed by atoms with van der Waals surface area (Å²) in [6.45, 7) is 9.62. The molecule has 1 saturated heterocycles. The topological polar surface area (TPSA) is 62.0 Å². The van der Waals surface area contributed by atoms with Crippen LogP contribution in [0.4, 0.5) is 5.69 Å². The molecule has 0 spiro atoms. The number of anilines is 1. The van der Waals surface area contributed by atoms with E-state index in [0.717, 1.165) is 26.2 Å². The average molecular weight is 443 g/mol. The lowest BCUT2D eigenvalue weighted by Gasteiger charge is -2.35. The van der Waals surface area contributed by atoms with Crippen molar-refractivity contribution in [2.75, 3.05) is 37.7 Å². The number of nitrogens with zero attached hydrogens (tertiary/aromatic N) is 3. The van der Waals surface area contributed by atoms with Gasteiger partial charge < -0.3 is 14.4 Å². The van der Waals surface area contributed by atoms with Gasteiger partial charge >= 0.3 is 0 Å². The molecule has 1 aromatic heterocycles. The fourth-order valence-corrected chi connectivity index (χ4v) is 4.34. The SMILES string of the molecule is Cc1ccc(C)n1CC[NH+]1CCN(C(=O)C2=CCC(=O)N(c3ccc(Cl)cc3)N2)CC1. The second kappa shape index (κ2) is 9.16. The first-order valence-corrected chi connectivity index (χ1v) is 11.1. The fourth-order valence-electron chi connectivity index (χ4n) is 4.21. The Labute approximate surface area is 187 Å². The Hall–Kier alpha value is -2.77. The van der Waals surface area contributed by atoms with Gasteiger partial charge in [-0.2, -0.15) is 0 Å². The highest BCUT2D eigenvalue weighted by molar-refractivity contribution is 6.30. The molecule has 2 aliphatic heterocycles. The first-order valence-electron chi connectivity index (χ1n) is 10.7. The Bertz CT molecular complexity index is 970. The summed E-state index contributed by atoms with van der Waals surface area (Å²) in [4.78, 5) is 28.8. The third-order valence-electron chi connectivity index (χ3n) is 6.14. The van der Waals surface area contributed by atoms with E-state index in [2.05, 4.69) is 36.0 Å². The Morgan fingerprint density at radius 2 is 1.71 bits per heavy atom. The number of carbonyl (C=O) groups is 2. The molecule has 164 valence electrons. The van der Waals surface area contributed by atoms with Crippen LogP contribution >= 0.6 is 11.6 Å². The number of carbonyl (C=O) groups excluding carboxylic acids is 2. The van der Waals surface area contributed by atoms with Gasteiger partial charge in [0.25, 0.3) is 5.91 Å². The zero-order valence-corrected chi connectivity index (χ0v) is 18.8. The number of quaternary nitrogens is 1. The maximum absolute atomic E-state index is 13.1. The lowest BCUT2D eigenvalue weighted by atomic mass is 10.2. The van der Waals surface area contributed by atoms with Crippen LogP contribution in [-0.2, 0) is 16.1 Å². The van der Waals surface area contributed by atoms with Crippen LogP contribution in [0.2, 0.25) is 5.02 Å². The molecule has 2 aromatic rings. The minimum absolute atomic E-state index is 0.0531. The summed E-state index contributed by atoms with van der Waals surface area (Å²) in [7, 11) is 0. The summed E-state index contributed by atoms with van der Waals surface area (Å²) in [5.41, 5.74) is 6.71. The largest absolute Gasteiger partial charge is 0.344 e. The van der Waals surface area contributed by atoms with Gasteiger partial charge in [-0.3, -0.25) is 15.0 Å². The van der Waals surface area contributed by atoms with Crippen molar-refractivity contribution < 1.29 is 14.5 Å². The average Bonchev–Trinajstić information content (AvgIpc) is 3.10. The number of benzene rings is 1. The van der Waals surface area contributed by atoms with Crippen molar-refractivity contribution in [2.45, 2.75) is 26.8 Å². The number of hydrogen-bond donors (Lipinski definition) is 2. The molecule has 1 fully saturated rings. The minimum atomic E-state index is -0.108. The summed E-state index contributed by atoms with van der Waals surface area (Å²) < 4.78 is 2.35. The Morgan fingerprint density at radius 1 is 1.06 bits per heavy atom. The van der Waals surface area contributed by atoms with Crippen molar-refractivity contribution in [2.24, 2.45) is 0 Å². The summed E-state index contributed by atoms with van der Waals surface area (Å²) in [5.74, 6) is -0.161. The molecule has 1 aromatic carbocycles. The van der Waals surface area contributed by atoms with Crippen LogP contribution in [0.5, 0.6) is 0 Å². The fraction of sp³-hybridized carbons (Fsp3) is 0.391. The molecule has 0 bridgehead atoms. The predicted molar refractivity (Wildman–Crippen MR) is 121 cm³/mol. The number of rotatable bonds is 5. The summed E-state index contributed by atoms with van der Waals surface area (Å²) in [6.07, 6.45) is 1.88. The normalized spacial score (nSPS) is 17.5. The van der Waals surface area contributed by atoms with Crippen molar-refractivity contribution in [3.63, 3.8) is 0 Å². The number of piperazine rings is 1. The van der Waals surface area contributed by atoms with E-state index in [0.29, 0.717) is 29.5 Å². The van der Waals surface area contributed by atoms with Crippen LogP contribution in [0.25, 0.3) is 0 Å². The molecule has 0 unspecified atom stereocenters. The number of aromatic nitrogens is 1. The van der Waals surface area contributed by atoms with Crippen LogP contribution in [0, 0.1) is 13.8 Å². The van der Waals surface area contributed by atoms with E-state index in [1.807, 2.05) is 4.90 Å². The van der Waals surface area contributed by atoms with Gasteiger partial charge in [0, 0.05) is 22.8 Å². The molecular formula is C23H29ClN5O2+. The van der Waals surface area contributed by atoms with E-state index in [1.54, 1.807) is 30.3 Å². The van der Waals surface area contributed by atoms with Gasteiger partial charge in [0.2, 0.25) is 5.91 Å². The number of hydrazine groups is 1. The van der Waals surface area contributed by atoms with Crippen LogP contribution in [0.3, 0.4) is 0 Å². The molecule has 8 heteroatoms. The molecule has 0 aliphatic carbocycles. The van der Waals surface area contributed by atoms with E-state index in [4.69, 9.17) is 11.6 Å². The highest BCUT2D eigenvalue weighted by Crippen LogP contribution is 2.20. The predicted octanol–water partition coefficient (Wildman–Crippen LogP) is 1.31. The number of hydrogen-bond acceptors (Lipinski definition) is 3. The van der Waals surface area contributed by atoms with Gasteiger partial charge in [-0.05, 0) is 56.3 Å². The Kier molecular flexibility index (Phi) is 6.34. The molecule has 0 radical (unpaired) electrons. The van der Waals surface area contributed by atoms with Gasteiger partial charge in [0.1, 0.15) is 5.70 Å². The standard InChI is InChI=1S/C23H28ClN5O2/c1-17-3-4-18(2)28(17)16-13-26-11-14-27(15-12-26)23(31)21-9-10-22(30)29(25-21)20-7-5-19(24)6-8-20/h3-9,25H,10-16H2,1-2H3/p+1. The highest BCUT2D eigenvalue weighted by atomic mass is 35.5. The van der Waals surface area contributed by atoms with E-state index in [9.17, 15) is 9.59 Å². The smallest absolute Gasteiger partial charge is 0.271 e. The third-order valence-corrected chi connectivity index (χ3v) is 6.39. The number of aryl methyl sites for hydroxylation is 2. The molecule has 2 N–H and O–H groups in total. The summed E-state index contributed by atoms with van der Waals surface area (Å²) in [5, 5.41) is 2.02. The lowest BCUT2D eigenvalue weighted by molar-refractivity contribution is -0.904. The van der Waals surface area contributed by atoms with Gasteiger partial charge in [-0.25, -0.2) is 5.01 Å². The second-order valence-corrected chi connectivity index (χ2v) is 8.64. The van der Waals surface area contributed by atoms with Gasteiger partial charge in [0.05, 0.1) is 45.0 Å².